The van der Waals surface area contributed by atoms with Crippen LogP contribution in [-0.2, 0) is 16.1 Å². The highest BCUT2D eigenvalue weighted by Crippen LogP contribution is 2.27. The van der Waals surface area contributed by atoms with E-state index in [1.807, 2.05) is 18.4 Å². The number of nitrogens with zero attached hydrogens (tertiary/aromatic N) is 7. The summed E-state index contributed by atoms with van der Waals surface area (Å²) in [5.41, 5.74) is 2.17. The lowest BCUT2D eigenvalue weighted by Crippen LogP contribution is -2.46. The van der Waals surface area contributed by atoms with Gasteiger partial charge in [0.1, 0.15) is 24.0 Å². The molecular formula is C22H29N9O3. The van der Waals surface area contributed by atoms with Gasteiger partial charge in [-0.15, -0.1) is 0 Å². The van der Waals surface area contributed by atoms with Gasteiger partial charge < -0.3 is 24.8 Å². The van der Waals surface area contributed by atoms with Gasteiger partial charge in [0.2, 0.25) is 0 Å². The van der Waals surface area contributed by atoms with Crippen LogP contribution in [0.3, 0.4) is 0 Å². The SMILES string of the molecule is CCOC(=O)C(C)NC(=O)N1CCC(Nc2ncnc3c2nc(-c2cnc(C)nc2)n3CC)C1. The van der Waals surface area contributed by atoms with Crippen LogP contribution in [0.5, 0.6) is 0 Å². The Morgan fingerprint density at radius 1 is 1.21 bits per heavy atom. The predicted molar refractivity (Wildman–Crippen MR) is 125 cm³/mol. The minimum Gasteiger partial charge on any atom is -0.464 e. The van der Waals surface area contributed by atoms with Crippen LogP contribution in [0.15, 0.2) is 18.7 Å². The molecule has 0 spiro atoms. The molecule has 2 atom stereocenters. The molecule has 3 aromatic rings. The van der Waals surface area contributed by atoms with E-state index in [0.717, 1.165) is 17.8 Å². The number of nitrogens with one attached hydrogen (secondary N) is 2. The number of hydrogen-bond donors (Lipinski definition) is 2. The van der Waals surface area contributed by atoms with E-state index in [1.165, 1.54) is 6.33 Å². The van der Waals surface area contributed by atoms with Gasteiger partial charge in [0, 0.05) is 38.1 Å². The number of likely N-dealkylation sites (tertiary alicyclic amines) is 1. The van der Waals surface area contributed by atoms with E-state index in [-0.39, 0.29) is 18.7 Å². The van der Waals surface area contributed by atoms with Crippen LogP contribution in [-0.4, -0.2) is 78.2 Å². The molecule has 1 saturated heterocycles. The molecule has 1 aliphatic heterocycles. The molecule has 1 aliphatic rings. The van der Waals surface area contributed by atoms with Crippen LogP contribution in [0.4, 0.5) is 10.6 Å². The van der Waals surface area contributed by atoms with E-state index in [0.29, 0.717) is 42.4 Å². The number of carbonyl (C=O) groups excluding carboxylic acids is 2. The quantitative estimate of drug-likeness (QED) is 0.497. The van der Waals surface area contributed by atoms with Gasteiger partial charge in [-0.05, 0) is 34.1 Å². The summed E-state index contributed by atoms with van der Waals surface area (Å²) in [6.07, 6.45) is 5.75. The van der Waals surface area contributed by atoms with E-state index in [2.05, 4.69) is 30.6 Å². The first-order valence-corrected chi connectivity index (χ1v) is 11.4. The number of ether oxygens (including phenoxy) is 1. The summed E-state index contributed by atoms with van der Waals surface area (Å²) in [5.74, 6) is 1.57. The van der Waals surface area contributed by atoms with Gasteiger partial charge in [0.05, 0.1) is 12.2 Å². The number of aryl methyl sites for hydroxylation is 2. The molecule has 34 heavy (non-hydrogen) atoms. The smallest absolute Gasteiger partial charge is 0.328 e. The lowest BCUT2D eigenvalue weighted by Gasteiger charge is -2.20. The fraction of sp³-hybridized carbons (Fsp3) is 0.500. The molecule has 2 amide bonds. The maximum atomic E-state index is 12.6. The number of aromatic nitrogens is 6. The molecule has 0 radical (unpaired) electrons. The van der Waals surface area contributed by atoms with Crippen molar-refractivity contribution in [1.82, 2.24) is 39.7 Å². The van der Waals surface area contributed by atoms with E-state index in [1.54, 1.807) is 31.1 Å². The number of amides is 2. The van der Waals surface area contributed by atoms with E-state index < -0.39 is 12.0 Å². The largest absolute Gasteiger partial charge is 0.464 e. The molecule has 2 unspecified atom stereocenters. The van der Waals surface area contributed by atoms with Crippen molar-refractivity contribution < 1.29 is 14.3 Å². The van der Waals surface area contributed by atoms with Gasteiger partial charge >= 0.3 is 12.0 Å². The van der Waals surface area contributed by atoms with Crippen LogP contribution in [0.25, 0.3) is 22.6 Å². The highest BCUT2D eigenvalue weighted by Gasteiger charge is 2.29. The second kappa shape index (κ2) is 9.98. The van der Waals surface area contributed by atoms with Crippen molar-refractivity contribution in [2.75, 3.05) is 25.0 Å². The maximum absolute atomic E-state index is 12.6. The first-order chi connectivity index (χ1) is 16.4. The summed E-state index contributed by atoms with van der Waals surface area (Å²) in [5, 5.41) is 6.11. The van der Waals surface area contributed by atoms with Crippen molar-refractivity contribution in [2.24, 2.45) is 0 Å². The number of carbonyl (C=O) groups is 2. The van der Waals surface area contributed by atoms with E-state index in [4.69, 9.17) is 9.72 Å². The Balaban J connectivity index is 1.49. The predicted octanol–water partition coefficient (Wildman–Crippen LogP) is 1.76. The van der Waals surface area contributed by atoms with Crippen molar-refractivity contribution in [3.05, 3.63) is 24.5 Å². The molecule has 2 N–H and O–H groups in total. The molecular weight excluding hydrogens is 438 g/mol. The number of imidazole rings is 1. The van der Waals surface area contributed by atoms with Gasteiger partial charge in [-0.2, -0.15) is 0 Å². The molecule has 1 fully saturated rings. The fourth-order valence-corrected chi connectivity index (χ4v) is 3.93. The van der Waals surface area contributed by atoms with Crippen molar-refractivity contribution in [1.29, 1.82) is 0 Å². The van der Waals surface area contributed by atoms with Gasteiger partial charge in [0.25, 0.3) is 0 Å². The molecule has 0 saturated carbocycles. The van der Waals surface area contributed by atoms with Crippen LogP contribution in [0.2, 0.25) is 0 Å². The highest BCUT2D eigenvalue weighted by molar-refractivity contribution is 5.86. The zero-order valence-corrected chi connectivity index (χ0v) is 19.8. The zero-order valence-electron chi connectivity index (χ0n) is 19.8. The standard InChI is InChI=1S/C22H29N9O3/c1-5-31-19(15-9-23-14(4)24-10-15)29-17-18(25-12-26-20(17)31)28-16-7-8-30(11-16)22(33)27-13(3)21(32)34-6-2/h9-10,12-13,16H,5-8,11H2,1-4H3,(H,27,33)(H,25,26,28). The van der Waals surface area contributed by atoms with Crippen molar-refractivity contribution >= 4 is 29.0 Å². The number of esters is 1. The van der Waals surface area contributed by atoms with Gasteiger partial charge in [-0.1, -0.05) is 0 Å². The zero-order chi connectivity index (χ0) is 24.2. The summed E-state index contributed by atoms with van der Waals surface area (Å²) < 4.78 is 6.95. The molecule has 0 aliphatic carbocycles. The second-order valence-electron chi connectivity index (χ2n) is 8.09. The van der Waals surface area contributed by atoms with Gasteiger partial charge in [0.15, 0.2) is 17.0 Å². The molecule has 12 nitrogen and oxygen atoms in total. The molecule has 4 rings (SSSR count). The van der Waals surface area contributed by atoms with Crippen LogP contribution < -0.4 is 10.6 Å². The summed E-state index contributed by atoms with van der Waals surface area (Å²) >= 11 is 0. The Morgan fingerprint density at radius 3 is 2.68 bits per heavy atom. The molecule has 0 aromatic carbocycles. The average molecular weight is 468 g/mol. The fourth-order valence-electron chi connectivity index (χ4n) is 3.93. The summed E-state index contributed by atoms with van der Waals surface area (Å²) in [4.78, 5) is 48.3. The third-order valence-electron chi connectivity index (χ3n) is 5.68. The lowest BCUT2D eigenvalue weighted by atomic mass is 10.2. The Labute approximate surface area is 197 Å². The second-order valence-corrected chi connectivity index (χ2v) is 8.09. The lowest BCUT2D eigenvalue weighted by molar-refractivity contribution is -0.144. The monoisotopic (exact) mass is 467 g/mol. The Hall–Kier alpha value is -3.83. The Morgan fingerprint density at radius 2 is 1.97 bits per heavy atom. The minimum atomic E-state index is -0.705. The number of fused-ring (bicyclic) bond motifs is 1. The third-order valence-corrected chi connectivity index (χ3v) is 5.68. The van der Waals surface area contributed by atoms with Crippen molar-refractivity contribution in [2.45, 2.75) is 52.7 Å². The normalized spacial score (nSPS) is 16.5. The van der Waals surface area contributed by atoms with Crippen LogP contribution in [0.1, 0.15) is 33.0 Å². The molecule has 180 valence electrons. The summed E-state index contributed by atoms with van der Waals surface area (Å²) in [6.45, 7) is 9.18. The van der Waals surface area contributed by atoms with Crippen molar-refractivity contribution in [3.63, 3.8) is 0 Å². The number of urea groups is 1. The van der Waals surface area contributed by atoms with Crippen LogP contribution in [0, 0.1) is 6.92 Å². The molecule has 12 heteroatoms. The van der Waals surface area contributed by atoms with E-state index >= 15 is 0 Å². The molecule has 0 bridgehead atoms. The maximum Gasteiger partial charge on any atom is 0.328 e. The van der Waals surface area contributed by atoms with Gasteiger partial charge in [-0.25, -0.2) is 34.5 Å². The highest BCUT2D eigenvalue weighted by atomic mass is 16.5. The Bertz CT molecular complexity index is 1180. The van der Waals surface area contributed by atoms with Crippen molar-refractivity contribution in [3.8, 4) is 11.4 Å². The Kier molecular flexibility index (Phi) is 6.85. The minimum absolute atomic E-state index is 0.0142. The molecule has 4 heterocycles. The first kappa shape index (κ1) is 23.3. The topological polar surface area (TPSA) is 140 Å². The van der Waals surface area contributed by atoms with E-state index in [9.17, 15) is 9.59 Å². The van der Waals surface area contributed by atoms with Crippen LogP contribution >= 0.6 is 0 Å². The average Bonchev–Trinajstić information content (AvgIpc) is 3.45. The van der Waals surface area contributed by atoms with Gasteiger partial charge in [-0.3, -0.25) is 0 Å². The molecule has 3 aromatic heterocycles. The summed E-state index contributed by atoms with van der Waals surface area (Å²) in [7, 11) is 0. The first-order valence-electron chi connectivity index (χ1n) is 11.4. The number of hydrogen-bond acceptors (Lipinski definition) is 9. The third kappa shape index (κ3) is 4.75. The summed E-state index contributed by atoms with van der Waals surface area (Å²) in [6, 6.07) is -1.02. The number of anilines is 1. The number of rotatable bonds is 7.